The molecule has 2 unspecified atom stereocenters. The number of halogens is 3. The van der Waals surface area contributed by atoms with Gasteiger partial charge in [-0.1, -0.05) is 47.8 Å². The molecule has 2 atom stereocenters. The van der Waals surface area contributed by atoms with Gasteiger partial charge in [-0.3, -0.25) is 0 Å². The summed E-state index contributed by atoms with van der Waals surface area (Å²) in [5.41, 5.74) is 0. The van der Waals surface area contributed by atoms with Gasteiger partial charge in [0.05, 0.1) is 0 Å². The van der Waals surface area contributed by atoms with Crippen LogP contribution in [0.4, 0.5) is 0 Å². The largest absolute Gasteiger partial charge is 0.0916 e. The van der Waals surface area contributed by atoms with Crippen molar-refractivity contribution in [3.05, 3.63) is 6.92 Å². The molecular formula is C4H6Br3. The molecule has 0 spiro atoms. The highest BCUT2D eigenvalue weighted by Gasteiger charge is 2.06. The van der Waals surface area contributed by atoms with Gasteiger partial charge in [0.2, 0.25) is 0 Å². The van der Waals surface area contributed by atoms with E-state index in [-0.39, 0.29) is 0 Å². The topological polar surface area (TPSA) is 0 Å². The van der Waals surface area contributed by atoms with Gasteiger partial charge in [0.1, 0.15) is 0 Å². The van der Waals surface area contributed by atoms with Crippen molar-refractivity contribution in [2.75, 3.05) is 5.33 Å². The molecule has 0 nitrogen and oxygen atoms in total. The van der Waals surface area contributed by atoms with Crippen molar-refractivity contribution in [2.24, 2.45) is 0 Å². The Balaban J connectivity index is 3.14. The summed E-state index contributed by atoms with van der Waals surface area (Å²) in [5.74, 6) is 0. The van der Waals surface area contributed by atoms with Gasteiger partial charge in [-0.2, -0.15) is 0 Å². The second kappa shape index (κ2) is 4.33. The second-order valence-electron chi connectivity index (χ2n) is 1.19. The minimum atomic E-state index is 0.298. The highest BCUT2D eigenvalue weighted by atomic mass is 79.9. The minimum Gasteiger partial charge on any atom is -0.0916 e. The molecule has 7 heavy (non-hydrogen) atoms. The summed E-state index contributed by atoms with van der Waals surface area (Å²) in [6.07, 6.45) is 0. The zero-order valence-electron chi connectivity index (χ0n) is 3.70. The lowest BCUT2D eigenvalue weighted by molar-refractivity contribution is 1.05. The third-order valence-corrected chi connectivity index (χ3v) is 4.42. The summed E-state index contributed by atoms with van der Waals surface area (Å²) in [5, 5.41) is 0.937. The quantitative estimate of drug-likeness (QED) is 0.687. The Labute approximate surface area is 69.4 Å². The van der Waals surface area contributed by atoms with E-state index in [2.05, 4.69) is 54.7 Å². The highest BCUT2D eigenvalue weighted by Crippen LogP contribution is 2.14. The average Bonchev–Trinajstić information content (AvgIpc) is 1.65. The van der Waals surface area contributed by atoms with E-state index < -0.39 is 0 Å². The van der Waals surface area contributed by atoms with E-state index in [1.165, 1.54) is 0 Å². The first-order chi connectivity index (χ1) is 3.18. The van der Waals surface area contributed by atoms with Crippen LogP contribution in [0.5, 0.6) is 0 Å². The Morgan fingerprint density at radius 1 is 1.43 bits per heavy atom. The van der Waals surface area contributed by atoms with Gasteiger partial charge in [-0.15, -0.1) is 0 Å². The molecule has 0 fully saturated rings. The van der Waals surface area contributed by atoms with Gasteiger partial charge in [0.25, 0.3) is 0 Å². The van der Waals surface area contributed by atoms with Crippen molar-refractivity contribution in [1.29, 1.82) is 0 Å². The van der Waals surface area contributed by atoms with Crippen LogP contribution in [0.1, 0.15) is 0 Å². The molecule has 0 aromatic heterocycles. The van der Waals surface area contributed by atoms with Gasteiger partial charge < -0.3 is 0 Å². The summed E-state index contributed by atoms with van der Waals surface area (Å²) in [6.45, 7) is 3.75. The first-order valence-corrected chi connectivity index (χ1v) is 4.81. The third-order valence-electron chi connectivity index (χ3n) is 0.540. The molecular weight excluding hydrogens is 288 g/mol. The molecule has 1 radical (unpaired) electrons. The summed E-state index contributed by atoms with van der Waals surface area (Å²) in [6, 6.07) is 0. The maximum absolute atomic E-state index is 3.75. The van der Waals surface area contributed by atoms with E-state index in [1.54, 1.807) is 0 Å². The molecule has 0 N–H and O–H groups in total. The fourth-order valence-corrected chi connectivity index (χ4v) is 1.24. The molecule has 0 saturated heterocycles. The molecule has 0 amide bonds. The van der Waals surface area contributed by atoms with E-state index in [9.17, 15) is 0 Å². The van der Waals surface area contributed by atoms with Crippen molar-refractivity contribution in [2.45, 2.75) is 9.65 Å². The molecule has 3 heteroatoms. The van der Waals surface area contributed by atoms with E-state index in [1.807, 2.05) is 0 Å². The maximum Gasteiger partial charge on any atom is 0.0367 e. The predicted octanol–water partition coefficient (Wildman–Crippen LogP) is 2.74. The van der Waals surface area contributed by atoms with Crippen molar-refractivity contribution >= 4 is 47.8 Å². The fraction of sp³-hybridized carbons (Fsp3) is 0.750. The molecule has 0 aromatic carbocycles. The van der Waals surface area contributed by atoms with Crippen LogP contribution in [-0.4, -0.2) is 15.0 Å². The van der Waals surface area contributed by atoms with E-state index >= 15 is 0 Å². The Morgan fingerprint density at radius 3 is 1.86 bits per heavy atom. The number of alkyl halides is 3. The van der Waals surface area contributed by atoms with Crippen molar-refractivity contribution in [1.82, 2.24) is 0 Å². The van der Waals surface area contributed by atoms with Crippen molar-refractivity contribution < 1.29 is 0 Å². The van der Waals surface area contributed by atoms with Crippen LogP contribution in [0.25, 0.3) is 0 Å². The van der Waals surface area contributed by atoms with Gasteiger partial charge >= 0.3 is 0 Å². The zero-order valence-corrected chi connectivity index (χ0v) is 8.46. The molecule has 0 aromatic rings. The van der Waals surface area contributed by atoms with Crippen molar-refractivity contribution in [3.63, 3.8) is 0 Å². The van der Waals surface area contributed by atoms with E-state index in [0.717, 1.165) is 5.33 Å². The van der Waals surface area contributed by atoms with Gasteiger partial charge in [0.15, 0.2) is 0 Å². The lowest BCUT2D eigenvalue weighted by Crippen LogP contribution is -2.10. The average molecular weight is 294 g/mol. The minimum absolute atomic E-state index is 0.298. The Morgan fingerprint density at radius 2 is 1.86 bits per heavy atom. The van der Waals surface area contributed by atoms with Gasteiger partial charge in [0, 0.05) is 15.0 Å². The summed E-state index contributed by atoms with van der Waals surface area (Å²) in [7, 11) is 0. The number of rotatable bonds is 2. The van der Waals surface area contributed by atoms with Crippen LogP contribution < -0.4 is 0 Å². The first kappa shape index (κ1) is 8.44. The predicted molar refractivity (Wildman–Crippen MR) is 44.6 cm³/mol. The Kier molecular flexibility index (Phi) is 5.22. The zero-order chi connectivity index (χ0) is 5.86. The van der Waals surface area contributed by atoms with Crippen LogP contribution in [0.3, 0.4) is 0 Å². The Hall–Kier alpha value is 1.44. The smallest absolute Gasteiger partial charge is 0.0367 e. The summed E-state index contributed by atoms with van der Waals surface area (Å²) < 4.78 is 0. The molecule has 0 saturated carbocycles. The molecule has 0 aliphatic carbocycles. The lowest BCUT2D eigenvalue weighted by atomic mass is 10.4. The number of hydrogen-bond donors (Lipinski definition) is 0. The van der Waals surface area contributed by atoms with Gasteiger partial charge in [-0.25, -0.2) is 0 Å². The molecule has 0 heterocycles. The third kappa shape index (κ3) is 3.98. The first-order valence-electron chi connectivity index (χ1n) is 1.85. The molecule has 0 bridgehead atoms. The van der Waals surface area contributed by atoms with E-state index in [4.69, 9.17) is 0 Å². The van der Waals surface area contributed by atoms with Crippen LogP contribution in [0, 0.1) is 6.92 Å². The van der Waals surface area contributed by atoms with Crippen molar-refractivity contribution in [3.8, 4) is 0 Å². The monoisotopic (exact) mass is 291 g/mol. The number of hydrogen-bond acceptors (Lipinski definition) is 0. The molecule has 0 aliphatic rings. The molecule has 0 rings (SSSR count). The van der Waals surface area contributed by atoms with Gasteiger partial charge in [-0.05, 0) is 6.92 Å². The highest BCUT2D eigenvalue weighted by molar-refractivity contribution is 9.13. The maximum atomic E-state index is 3.75. The normalized spacial score (nSPS) is 18.9. The van der Waals surface area contributed by atoms with Crippen LogP contribution in [0.2, 0.25) is 0 Å². The second-order valence-corrected chi connectivity index (χ2v) is 4.19. The van der Waals surface area contributed by atoms with Crippen LogP contribution >= 0.6 is 47.8 Å². The fourth-order valence-electron chi connectivity index (χ4n) is 0.0967. The van der Waals surface area contributed by atoms with E-state index in [0.29, 0.717) is 9.65 Å². The lowest BCUT2D eigenvalue weighted by Gasteiger charge is -2.05. The Bertz CT molecular complexity index is 44.2. The molecule has 43 valence electrons. The standard InChI is InChI=1S/C4H6Br3/c1-3(6)4(7)2-5/h3-4H,1-2H2. The summed E-state index contributed by atoms with van der Waals surface area (Å²) >= 11 is 10.00. The van der Waals surface area contributed by atoms with Crippen LogP contribution in [0.15, 0.2) is 0 Å². The SMILES string of the molecule is [CH2]C(Br)C(Br)CBr. The summed E-state index contributed by atoms with van der Waals surface area (Å²) in [4.78, 5) is 0.736. The van der Waals surface area contributed by atoms with Crippen LogP contribution in [-0.2, 0) is 0 Å². The molecule has 0 aliphatic heterocycles.